The molecule has 0 radical (unpaired) electrons. The maximum absolute atomic E-state index is 12.3. The van der Waals surface area contributed by atoms with Gasteiger partial charge in [0.15, 0.2) is 6.61 Å². The first-order chi connectivity index (χ1) is 10.6. The Hall–Kier alpha value is -2.04. The van der Waals surface area contributed by atoms with Crippen LogP contribution in [-0.2, 0) is 9.59 Å². The van der Waals surface area contributed by atoms with E-state index < -0.39 is 5.97 Å². The van der Waals surface area contributed by atoms with Gasteiger partial charge in [0.05, 0.1) is 0 Å². The molecule has 1 aromatic carbocycles. The van der Waals surface area contributed by atoms with Crippen molar-refractivity contribution in [2.45, 2.75) is 32.6 Å². The summed E-state index contributed by atoms with van der Waals surface area (Å²) in [4.78, 5) is 24.7. The average molecular weight is 305 g/mol. The highest BCUT2D eigenvalue weighted by molar-refractivity contribution is 5.78. The summed E-state index contributed by atoms with van der Waals surface area (Å²) in [5.74, 6) is 0.220. The van der Waals surface area contributed by atoms with E-state index in [-0.39, 0.29) is 24.9 Å². The highest BCUT2D eigenvalue weighted by Gasteiger charge is 2.24. The minimum absolute atomic E-state index is 0.0247. The number of para-hydroxylation sites is 1. The molecule has 120 valence electrons. The number of amides is 1. The fourth-order valence-corrected chi connectivity index (χ4v) is 2.80. The van der Waals surface area contributed by atoms with E-state index in [1.165, 1.54) is 0 Å². The lowest BCUT2D eigenvalue weighted by atomic mass is 9.93. The summed E-state index contributed by atoms with van der Waals surface area (Å²) in [6.45, 7) is 3.36. The zero-order chi connectivity index (χ0) is 15.9. The van der Waals surface area contributed by atoms with Crippen LogP contribution in [0.4, 0.5) is 0 Å². The van der Waals surface area contributed by atoms with Crippen molar-refractivity contribution in [3.05, 3.63) is 29.8 Å². The zero-order valence-corrected chi connectivity index (χ0v) is 13.0. The molecule has 1 atom stereocenters. The first kappa shape index (κ1) is 16.3. The number of carbonyl (C=O) groups is 2. The average Bonchev–Trinajstić information content (AvgIpc) is 2.52. The van der Waals surface area contributed by atoms with Crippen LogP contribution in [0, 0.1) is 12.8 Å². The van der Waals surface area contributed by atoms with Crippen molar-refractivity contribution in [3.8, 4) is 5.75 Å². The minimum atomic E-state index is -0.772. The molecule has 1 aliphatic rings. The topological polar surface area (TPSA) is 66.8 Å². The molecule has 1 amide bonds. The lowest BCUT2D eigenvalue weighted by molar-refractivity contribution is -0.137. The second-order valence-electron chi connectivity index (χ2n) is 5.83. The molecule has 0 spiro atoms. The van der Waals surface area contributed by atoms with Crippen LogP contribution in [0.2, 0.25) is 0 Å². The Morgan fingerprint density at radius 1 is 1.36 bits per heavy atom. The number of carboxylic acid groups (broad SMARTS) is 1. The molecule has 2 rings (SSSR count). The van der Waals surface area contributed by atoms with Crippen LogP contribution < -0.4 is 4.74 Å². The van der Waals surface area contributed by atoms with Gasteiger partial charge in [0.2, 0.25) is 0 Å². The van der Waals surface area contributed by atoms with Gasteiger partial charge in [0.1, 0.15) is 5.75 Å². The van der Waals surface area contributed by atoms with E-state index in [4.69, 9.17) is 9.84 Å². The van der Waals surface area contributed by atoms with E-state index >= 15 is 0 Å². The van der Waals surface area contributed by atoms with Gasteiger partial charge in [-0.05, 0) is 43.7 Å². The SMILES string of the molecule is Cc1ccccc1OCC(=O)N1CCC[C@@H](CCC(=O)O)C1. The molecule has 22 heavy (non-hydrogen) atoms. The number of benzene rings is 1. The Bertz CT molecular complexity index is 529. The van der Waals surface area contributed by atoms with Crippen LogP contribution in [0.3, 0.4) is 0 Å². The highest BCUT2D eigenvalue weighted by atomic mass is 16.5. The number of rotatable bonds is 6. The Balaban J connectivity index is 1.81. The number of carbonyl (C=O) groups excluding carboxylic acids is 1. The number of carboxylic acids is 1. The van der Waals surface area contributed by atoms with Crippen LogP contribution in [0.15, 0.2) is 24.3 Å². The van der Waals surface area contributed by atoms with E-state index in [2.05, 4.69) is 0 Å². The molecule has 0 aliphatic carbocycles. The molecule has 1 heterocycles. The van der Waals surface area contributed by atoms with Crippen molar-refractivity contribution in [2.24, 2.45) is 5.92 Å². The Morgan fingerprint density at radius 3 is 2.86 bits per heavy atom. The van der Waals surface area contributed by atoms with Gasteiger partial charge in [-0.15, -0.1) is 0 Å². The smallest absolute Gasteiger partial charge is 0.303 e. The Morgan fingerprint density at radius 2 is 2.14 bits per heavy atom. The predicted octanol–water partition coefficient (Wildman–Crippen LogP) is 2.48. The van der Waals surface area contributed by atoms with Gasteiger partial charge in [0.25, 0.3) is 5.91 Å². The quantitative estimate of drug-likeness (QED) is 0.877. The van der Waals surface area contributed by atoms with Crippen molar-refractivity contribution >= 4 is 11.9 Å². The number of likely N-dealkylation sites (tertiary alicyclic amines) is 1. The molecule has 0 saturated carbocycles. The molecule has 1 N–H and O–H groups in total. The first-order valence-electron chi connectivity index (χ1n) is 7.74. The standard InChI is InChI=1S/C17H23NO4/c1-13-5-2-3-7-15(13)22-12-16(19)18-10-4-6-14(11-18)8-9-17(20)21/h2-3,5,7,14H,4,6,8-12H2,1H3,(H,20,21)/t14-/m0/s1. The first-order valence-corrected chi connectivity index (χ1v) is 7.74. The van der Waals surface area contributed by atoms with Crippen molar-refractivity contribution in [1.82, 2.24) is 4.90 Å². The van der Waals surface area contributed by atoms with Crippen LogP contribution in [0.25, 0.3) is 0 Å². The highest BCUT2D eigenvalue weighted by Crippen LogP contribution is 2.21. The van der Waals surface area contributed by atoms with Crippen molar-refractivity contribution in [2.75, 3.05) is 19.7 Å². The third-order valence-electron chi connectivity index (χ3n) is 4.08. The largest absolute Gasteiger partial charge is 0.484 e. The lowest BCUT2D eigenvalue weighted by Gasteiger charge is -2.32. The molecular formula is C17H23NO4. The maximum Gasteiger partial charge on any atom is 0.303 e. The van der Waals surface area contributed by atoms with Gasteiger partial charge in [-0.25, -0.2) is 0 Å². The van der Waals surface area contributed by atoms with E-state index in [1.807, 2.05) is 31.2 Å². The summed E-state index contributed by atoms with van der Waals surface area (Å²) >= 11 is 0. The molecule has 5 nitrogen and oxygen atoms in total. The molecule has 5 heteroatoms. The molecule has 0 bridgehead atoms. The van der Waals surface area contributed by atoms with Crippen LogP contribution in [0.5, 0.6) is 5.75 Å². The summed E-state index contributed by atoms with van der Waals surface area (Å²) in [7, 11) is 0. The van der Waals surface area contributed by atoms with E-state index in [9.17, 15) is 9.59 Å². The second kappa shape index (κ2) is 7.82. The third kappa shape index (κ3) is 4.76. The molecule has 1 aromatic rings. The summed E-state index contributed by atoms with van der Waals surface area (Å²) in [6, 6.07) is 7.62. The summed E-state index contributed by atoms with van der Waals surface area (Å²) in [5, 5.41) is 8.75. The molecule has 1 saturated heterocycles. The number of aryl methyl sites for hydroxylation is 1. The van der Waals surface area contributed by atoms with E-state index in [0.717, 1.165) is 30.7 Å². The second-order valence-corrected chi connectivity index (χ2v) is 5.83. The monoisotopic (exact) mass is 305 g/mol. The van der Waals surface area contributed by atoms with Gasteiger partial charge in [0, 0.05) is 19.5 Å². The summed E-state index contributed by atoms with van der Waals surface area (Å²) < 4.78 is 5.60. The Labute approximate surface area is 130 Å². The van der Waals surface area contributed by atoms with Gasteiger partial charge >= 0.3 is 5.97 Å². The van der Waals surface area contributed by atoms with Crippen molar-refractivity contribution in [1.29, 1.82) is 0 Å². The number of nitrogens with zero attached hydrogens (tertiary/aromatic N) is 1. The molecule has 1 aliphatic heterocycles. The van der Waals surface area contributed by atoms with Gasteiger partial charge < -0.3 is 14.7 Å². The normalized spacial score (nSPS) is 18.0. The molecule has 0 aromatic heterocycles. The van der Waals surface area contributed by atoms with Gasteiger partial charge in [-0.2, -0.15) is 0 Å². The fourth-order valence-electron chi connectivity index (χ4n) is 2.80. The van der Waals surface area contributed by atoms with E-state index in [1.54, 1.807) is 4.90 Å². The summed E-state index contributed by atoms with van der Waals surface area (Å²) in [5.41, 5.74) is 1.01. The molecule has 1 fully saturated rings. The predicted molar refractivity (Wildman–Crippen MR) is 82.8 cm³/mol. The van der Waals surface area contributed by atoms with Crippen molar-refractivity contribution in [3.63, 3.8) is 0 Å². The Kier molecular flexibility index (Phi) is 5.81. The fraction of sp³-hybridized carbons (Fsp3) is 0.529. The lowest BCUT2D eigenvalue weighted by Crippen LogP contribution is -2.42. The van der Waals surface area contributed by atoms with E-state index in [0.29, 0.717) is 13.0 Å². The van der Waals surface area contributed by atoms with Crippen LogP contribution in [0.1, 0.15) is 31.2 Å². The zero-order valence-electron chi connectivity index (χ0n) is 13.0. The number of aliphatic carboxylic acids is 1. The number of hydrogen-bond acceptors (Lipinski definition) is 3. The number of piperidine rings is 1. The molecular weight excluding hydrogens is 282 g/mol. The van der Waals surface area contributed by atoms with Crippen molar-refractivity contribution < 1.29 is 19.4 Å². The number of ether oxygens (including phenoxy) is 1. The minimum Gasteiger partial charge on any atom is -0.484 e. The van der Waals surface area contributed by atoms with Crippen LogP contribution in [-0.4, -0.2) is 41.6 Å². The maximum atomic E-state index is 12.3. The summed E-state index contributed by atoms with van der Waals surface area (Å²) in [6.07, 6.45) is 2.74. The van der Waals surface area contributed by atoms with Gasteiger partial charge in [-0.3, -0.25) is 9.59 Å². The number of hydrogen-bond donors (Lipinski definition) is 1. The van der Waals surface area contributed by atoms with Crippen LogP contribution >= 0.6 is 0 Å². The molecule has 0 unspecified atom stereocenters. The third-order valence-corrected chi connectivity index (χ3v) is 4.08. The van der Waals surface area contributed by atoms with Gasteiger partial charge in [-0.1, -0.05) is 18.2 Å².